The van der Waals surface area contributed by atoms with E-state index in [2.05, 4.69) is 26.6 Å². The van der Waals surface area contributed by atoms with Crippen molar-refractivity contribution in [3.8, 4) is 11.5 Å². The van der Waals surface area contributed by atoms with E-state index in [1.165, 1.54) is 0 Å². The van der Waals surface area contributed by atoms with Crippen LogP contribution in [0.5, 0.6) is 11.5 Å². The Morgan fingerprint density at radius 3 is 2.48 bits per heavy atom. The molecule has 3 aromatic rings. The number of fused-ring (bicyclic) bond motifs is 1. The number of hydrogen-bond donors (Lipinski definition) is 2. The Hall–Kier alpha value is -3.32. The van der Waals surface area contributed by atoms with Crippen molar-refractivity contribution in [2.75, 3.05) is 12.1 Å². The fraction of sp³-hybridized carbons (Fsp3) is 0.0909. The lowest BCUT2D eigenvalue weighted by Crippen LogP contribution is -2.24. The molecule has 1 aliphatic rings. The van der Waals surface area contributed by atoms with Crippen LogP contribution in [0.1, 0.15) is 26.3 Å². The van der Waals surface area contributed by atoms with Crippen molar-refractivity contribution >= 4 is 33.4 Å². The molecule has 6 nitrogen and oxygen atoms in total. The molecule has 2 amide bonds. The van der Waals surface area contributed by atoms with Gasteiger partial charge in [0.05, 0.1) is 11.3 Å². The van der Waals surface area contributed by atoms with Gasteiger partial charge in [0, 0.05) is 16.6 Å². The van der Waals surface area contributed by atoms with E-state index in [9.17, 15) is 9.59 Å². The van der Waals surface area contributed by atoms with Crippen molar-refractivity contribution in [3.63, 3.8) is 0 Å². The highest BCUT2D eigenvalue weighted by atomic mass is 79.9. The van der Waals surface area contributed by atoms with Crippen LogP contribution < -0.4 is 20.1 Å². The molecule has 7 heteroatoms. The monoisotopic (exact) mass is 452 g/mol. The van der Waals surface area contributed by atoms with E-state index in [4.69, 9.17) is 9.47 Å². The molecule has 4 rings (SSSR count). The van der Waals surface area contributed by atoms with E-state index in [-0.39, 0.29) is 18.6 Å². The molecule has 0 unspecified atom stereocenters. The van der Waals surface area contributed by atoms with Crippen molar-refractivity contribution in [2.24, 2.45) is 0 Å². The molecule has 29 heavy (non-hydrogen) atoms. The lowest BCUT2D eigenvalue weighted by molar-refractivity contribution is 0.0951. The predicted molar refractivity (Wildman–Crippen MR) is 112 cm³/mol. The zero-order valence-corrected chi connectivity index (χ0v) is 16.9. The van der Waals surface area contributed by atoms with Crippen LogP contribution in [0.15, 0.2) is 71.2 Å². The summed E-state index contributed by atoms with van der Waals surface area (Å²) in [6.07, 6.45) is 0. The number of carbonyl (C=O) groups excluding carboxylic acids is 2. The number of para-hydroxylation sites is 1. The average molecular weight is 453 g/mol. The largest absolute Gasteiger partial charge is 0.454 e. The molecule has 3 aromatic carbocycles. The zero-order valence-electron chi connectivity index (χ0n) is 15.3. The maximum absolute atomic E-state index is 12.7. The molecule has 0 aromatic heterocycles. The molecule has 0 saturated carbocycles. The number of hydrogen-bond acceptors (Lipinski definition) is 4. The predicted octanol–water partition coefficient (Wildman–Crippen LogP) is 4.36. The number of nitrogens with one attached hydrogen (secondary N) is 2. The van der Waals surface area contributed by atoms with Crippen LogP contribution in [0.25, 0.3) is 0 Å². The minimum Gasteiger partial charge on any atom is -0.454 e. The molecule has 1 heterocycles. The Balaban J connectivity index is 1.45. The van der Waals surface area contributed by atoms with Crippen molar-refractivity contribution in [1.82, 2.24) is 5.32 Å². The maximum Gasteiger partial charge on any atom is 0.255 e. The fourth-order valence-corrected chi connectivity index (χ4v) is 3.18. The van der Waals surface area contributed by atoms with E-state index in [0.29, 0.717) is 34.9 Å². The second kappa shape index (κ2) is 8.36. The smallest absolute Gasteiger partial charge is 0.255 e. The number of halogens is 1. The Morgan fingerprint density at radius 1 is 0.897 bits per heavy atom. The molecule has 0 spiro atoms. The van der Waals surface area contributed by atoms with Gasteiger partial charge in [0.25, 0.3) is 11.8 Å². The number of rotatable bonds is 5. The van der Waals surface area contributed by atoms with Crippen molar-refractivity contribution in [1.29, 1.82) is 0 Å². The van der Waals surface area contributed by atoms with E-state index >= 15 is 0 Å². The SMILES string of the molecule is O=C(Nc1ccccc1C(=O)NCc1ccc2c(c1)OCO2)c1ccc(Br)cc1. The Kier molecular flexibility index (Phi) is 5.48. The van der Waals surface area contributed by atoms with Crippen LogP contribution in [-0.4, -0.2) is 18.6 Å². The lowest BCUT2D eigenvalue weighted by Gasteiger charge is -2.12. The summed E-state index contributed by atoms with van der Waals surface area (Å²) >= 11 is 3.35. The number of ether oxygens (including phenoxy) is 2. The van der Waals surface area contributed by atoms with Gasteiger partial charge in [-0.1, -0.05) is 34.1 Å². The van der Waals surface area contributed by atoms with Gasteiger partial charge in [-0.2, -0.15) is 0 Å². The molecule has 146 valence electrons. The summed E-state index contributed by atoms with van der Waals surface area (Å²) < 4.78 is 11.5. The minimum absolute atomic E-state index is 0.205. The summed E-state index contributed by atoms with van der Waals surface area (Å²) in [5.41, 5.74) is 2.23. The van der Waals surface area contributed by atoms with E-state index in [1.807, 2.05) is 18.2 Å². The molecule has 0 fully saturated rings. The highest BCUT2D eigenvalue weighted by Crippen LogP contribution is 2.32. The molecule has 1 aliphatic heterocycles. The third-order valence-electron chi connectivity index (χ3n) is 4.42. The molecular weight excluding hydrogens is 436 g/mol. The van der Waals surface area contributed by atoms with Crippen LogP contribution in [0.4, 0.5) is 5.69 Å². The van der Waals surface area contributed by atoms with Gasteiger partial charge in [-0.05, 0) is 54.1 Å². The second-order valence-electron chi connectivity index (χ2n) is 6.38. The van der Waals surface area contributed by atoms with Gasteiger partial charge < -0.3 is 20.1 Å². The van der Waals surface area contributed by atoms with Crippen LogP contribution in [0.2, 0.25) is 0 Å². The number of carbonyl (C=O) groups is 2. The van der Waals surface area contributed by atoms with E-state index in [0.717, 1.165) is 10.0 Å². The summed E-state index contributed by atoms with van der Waals surface area (Å²) in [6, 6.07) is 19.4. The second-order valence-corrected chi connectivity index (χ2v) is 7.29. The summed E-state index contributed by atoms with van der Waals surface area (Å²) in [5, 5.41) is 5.68. The quantitative estimate of drug-likeness (QED) is 0.602. The van der Waals surface area contributed by atoms with Gasteiger partial charge in [-0.3, -0.25) is 9.59 Å². The first-order valence-electron chi connectivity index (χ1n) is 8.93. The van der Waals surface area contributed by atoms with Crippen LogP contribution in [0, 0.1) is 0 Å². The highest BCUT2D eigenvalue weighted by molar-refractivity contribution is 9.10. The first-order valence-corrected chi connectivity index (χ1v) is 9.72. The lowest BCUT2D eigenvalue weighted by atomic mass is 10.1. The van der Waals surface area contributed by atoms with Crippen molar-refractivity contribution < 1.29 is 19.1 Å². The van der Waals surface area contributed by atoms with Gasteiger partial charge in [-0.15, -0.1) is 0 Å². The molecule has 0 saturated heterocycles. The zero-order chi connectivity index (χ0) is 20.2. The first kappa shape index (κ1) is 19.0. The first-order chi connectivity index (χ1) is 14.1. The summed E-state index contributed by atoms with van der Waals surface area (Å²) in [7, 11) is 0. The molecule has 0 atom stereocenters. The third-order valence-corrected chi connectivity index (χ3v) is 4.95. The van der Waals surface area contributed by atoms with Gasteiger partial charge in [0.2, 0.25) is 6.79 Å². The average Bonchev–Trinajstić information content (AvgIpc) is 3.21. The normalized spacial score (nSPS) is 11.8. The summed E-state index contributed by atoms with van der Waals surface area (Å²) in [5.74, 6) is 0.794. The highest BCUT2D eigenvalue weighted by Gasteiger charge is 2.16. The molecule has 0 aliphatic carbocycles. The topological polar surface area (TPSA) is 76.7 Å². The van der Waals surface area contributed by atoms with Crippen LogP contribution in [0.3, 0.4) is 0 Å². The van der Waals surface area contributed by atoms with Gasteiger partial charge >= 0.3 is 0 Å². The Bertz CT molecular complexity index is 1070. The van der Waals surface area contributed by atoms with E-state index in [1.54, 1.807) is 48.5 Å². The van der Waals surface area contributed by atoms with E-state index < -0.39 is 0 Å². The number of anilines is 1. The van der Waals surface area contributed by atoms with Gasteiger partial charge in [-0.25, -0.2) is 0 Å². The molecule has 2 N–H and O–H groups in total. The standard InChI is InChI=1S/C22H17BrN2O4/c23-16-8-6-15(7-9-16)21(26)25-18-4-2-1-3-17(18)22(27)24-12-14-5-10-19-20(11-14)29-13-28-19/h1-11H,12-13H2,(H,24,27)(H,25,26). The molecule has 0 bridgehead atoms. The maximum atomic E-state index is 12.7. The van der Waals surface area contributed by atoms with Crippen molar-refractivity contribution in [2.45, 2.75) is 6.54 Å². The molecule has 0 radical (unpaired) electrons. The van der Waals surface area contributed by atoms with Crippen molar-refractivity contribution in [3.05, 3.63) is 87.9 Å². The minimum atomic E-state index is -0.284. The fourth-order valence-electron chi connectivity index (χ4n) is 2.91. The number of amides is 2. The summed E-state index contributed by atoms with van der Waals surface area (Å²) in [4.78, 5) is 25.2. The van der Waals surface area contributed by atoms with Gasteiger partial charge in [0.1, 0.15) is 0 Å². The Labute approximate surface area is 176 Å². The van der Waals surface area contributed by atoms with Crippen LogP contribution in [-0.2, 0) is 6.54 Å². The third kappa shape index (κ3) is 4.41. The van der Waals surface area contributed by atoms with Crippen LogP contribution >= 0.6 is 15.9 Å². The Morgan fingerprint density at radius 2 is 1.66 bits per heavy atom. The number of benzene rings is 3. The van der Waals surface area contributed by atoms with Gasteiger partial charge in [0.15, 0.2) is 11.5 Å². The summed E-state index contributed by atoms with van der Waals surface area (Å²) in [6.45, 7) is 0.529. The molecular formula is C22H17BrN2O4.